The molecule has 0 saturated heterocycles. The number of rotatable bonds is 5. The molecule has 0 atom stereocenters. The highest BCUT2D eigenvalue weighted by Gasteiger charge is 2.22. The highest BCUT2D eigenvalue weighted by Crippen LogP contribution is 2.39. The van der Waals surface area contributed by atoms with Gasteiger partial charge in [-0.15, -0.1) is 0 Å². The maximum Gasteiger partial charge on any atom is 0.169 e. The minimum Gasteiger partial charge on any atom is -0.382 e. The molecule has 9 heteroatoms. The summed E-state index contributed by atoms with van der Waals surface area (Å²) in [6, 6.07) is 14.2. The van der Waals surface area contributed by atoms with Crippen LogP contribution in [0.3, 0.4) is 0 Å². The predicted molar refractivity (Wildman–Crippen MR) is 121 cm³/mol. The van der Waals surface area contributed by atoms with Crippen LogP contribution in [0.1, 0.15) is 5.56 Å². The number of thiazole rings is 1. The topological polar surface area (TPSA) is 95.4 Å². The molecule has 4 heterocycles. The molecule has 4 aromatic heterocycles. The van der Waals surface area contributed by atoms with E-state index in [1.165, 1.54) is 17.7 Å². The van der Waals surface area contributed by atoms with Crippen LogP contribution in [-0.2, 0) is 12.8 Å². The van der Waals surface area contributed by atoms with E-state index in [2.05, 4.69) is 37.7 Å². The quantitative estimate of drug-likeness (QED) is 0.411. The van der Waals surface area contributed by atoms with Gasteiger partial charge in [0, 0.05) is 30.8 Å². The van der Waals surface area contributed by atoms with Gasteiger partial charge in [-0.3, -0.25) is 4.98 Å². The molecule has 0 radical (unpaired) electrons. The fraction of sp³-hybridized carbons (Fsp3) is 0.0952. The van der Waals surface area contributed by atoms with Crippen molar-refractivity contribution >= 4 is 39.3 Å². The SMILES string of the molecule is Cn1c(SCc2cccnc2)nc(-c2ccccc2)c1-c1nc2c(N)ncnc2s1. The van der Waals surface area contributed by atoms with Crippen molar-refractivity contribution in [1.82, 2.24) is 29.5 Å². The molecule has 148 valence electrons. The van der Waals surface area contributed by atoms with Gasteiger partial charge in [-0.05, 0) is 11.6 Å². The number of aromatic nitrogens is 6. The number of hydrogen-bond acceptors (Lipinski definition) is 8. The molecule has 1 aromatic carbocycles. The number of nitrogen functional groups attached to an aromatic ring is 1. The largest absolute Gasteiger partial charge is 0.382 e. The second-order valence-corrected chi connectivity index (χ2v) is 8.52. The van der Waals surface area contributed by atoms with Crippen molar-refractivity contribution in [3.8, 4) is 22.0 Å². The van der Waals surface area contributed by atoms with Crippen molar-refractivity contribution in [2.24, 2.45) is 7.05 Å². The van der Waals surface area contributed by atoms with Crippen LogP contribution in [-0.4, -0.2) is 29.5 Å². The molecule has 0 aliphatic heterocycles. The molecule has 0 amide bonds. The number of nitrogens with two attached hydrogens (primary N) is 1. The van der Waals surface area contributed by atoms with Crippen LogP contribution in [0, 0.1) is 0 Å². The molecule has 0 fully saturated rings. The van der Waals surface area contributed by atoms with Crippen molar-refractivity contribution in [2.45, 2.75) is 10.9 Å². The van der Waals surface area contributed by atoms with Gasteiger partial charge in [0.05, 0.1) is 0 Å². The van der Waals surface area contributed by atoms with Crippen LogP contribution < -0.4 is 5.73 Å². The van der Waals surface area contributed by atoms with Crippen LogP contribution in [0.15, 0.2) is 66.3 Å². The van der Waals surface area contributed by atoms with Gasteiger partial charge in [0.2, 0.25) is 0 Å². The molecule has 30 heavy (non-hydrogen) atoms. The van der Waals surface area contributed by atoms with Crippen LogP contribution in [0.4, 0.5) is 5.82 Å². The first-order valence-corrected chi connectivity index (χ1v) is 11.0. The molecule has 0 bridgehead atoms. The Balaban J connectivity index is 1.62. The average Bonchev–Trinajstić information content (AvgIpc) is 3.35. The van der Waals surface area contributed by atoms with E-state index in [4.69, 9.17) is 15.7 Å². The Morgan fingerprint density at radius 2 is 1.93 bits per heavy atom. The minimum atomic E-state index is 0.386. The van der Waals surface area contributed by atoms with E-state index in [1.54, 1.807) is 18.0 Å². The Morgan fingerprint density at radius 3 is 2.70 bits per heavy atom. The van der Waals surface area contributed by atoms with Gasteiger partial charge in [0.25, 0.3) is 0 Å². The summed E-state index contributed by atoms with van der Waals surface area (Å²) in [5, 5.41) is 1.73. The third-order valence-electron chi connectivity index (χ3n) is 4.62. The first-order chi connectivity index (χ1) is 14.7. The van der Waals surface area contributed by atoms with Gasteiger partial charge in [-0.1, -0.05) is 59.5 Å². The number of imidazole rings is 1. The monoisotopic (exact) mass is 431 g/mol. The molecule has 5 rings (SSSR count). The van der Waals surface area contributed by atoms with Gasteiger partial charge >= 0.3 is 0 Å². The summed E-state index contributed by atoms with van der Waals surface area (Å²) in [7, 11) is 2.02. The Morgan fingerprint density at radius 1 is 1.07 bits per heavy atom. The number of anilines is 1. The molecule has 0 saturated carbocycles. The number of hydrogen-bond donors (Lipinski definition) is 1. The summed E-state index contributed by atoms with van der Waals surface area (Å²) in [5.41, 5.74) is 10.7. The molecular weight excluding hydrogens is 414 g/mol. The summed E-state index contributed by atoms with van der Waals surface area (Å²) < 4.78 is 2.09. The van der Waals surface area contributed by atoms with Crippen LogP contribution in [0.5, 0.6) is 0 Å². The predicted octanol–water partition coefficient (Wildman–Crippen LogP) is 4.42. The highest BCUT2D eigenvalue weighted by atomic mass is 32.2. The van der Waals surface area contributed by atoms with Crippen molar-refractivity contribution < 1.29 is 0 Å². The van der Waals surface area contributed by atoms with Gasteiger partial charge in [-0.25, -0.2) is 19.9 Å². The number of benzene rings is 1. The molecule has 5 aromatic rings. The lowest BCUT2D eigenvalue weighted by Crippen LogP contribution is -1.95. The molecular formula is C21H17N7S2. The highest BCUT2D eigenvalue weighted by molar-refractivity contribution is 7.98. The van der Waals surface area contributed by atoms with E-state index in [0.717, 1.165) is 43.3 Å². The third kappa shape index (κ3) is 3.42. The molecule has 0 aliphatic carbocycles. The molecule has 0 spiro atoms. The van der Waals surface area contributed by atoms with Crippen molar-refractivity contribution in [1.29, 1.82) is 0 Å². The Kier molecular flexibility index (Phi) is 4.89. The molecule has 0 unspecified atom stereocenters. The van der Waals surface area contributed by atoms with E-state index in [-0.39, 0.29) is 0 Å². The van der Waals surface area contributed by atoms with E-state index in [1.807, 2.05) is 37.5 Å². The first-order valence-electron chi connectivity index (χ1n) is 9.22. The lowest BCUT2D eigenvalue weighted by Gasteiger charge is -2.05. The molecule has 2 N–H and O–H groups in total. The Hall–Kier alpha value is -3.30. The van der Waals surface area contributed by atoms with E-state index >= 15 is 0 Å². The van der Waals surface area contributed by atoms with Crippen molar-refractivity contribution in [3.63, 3.8) is 0 Å². The van der Waals surface area contributed by atoms with Crippen LogP contribution in [0.2, 0.25) is 0 Å². The summed E-state index contributed by atoms with van der Waals surface area (Å²) >= 11 is 3.16. The van der Waals surface area contributed by atoms with Gasteiger partial charge < -0.3 is 10.3 Å². The van der Waals surface area contributed by atoms with Crippen molar-refractivity contribution in [3.05, 3.63) is 66.7 Å². The minimum absolute atomic E-state index is 0.386. The Bertz CT molecular complexity index is 1310. The lowest BCUT2D eigenvalue weighted by molar-refractivity contribution is 0.796. The zero-order valence-corrected chi connectivity index (χ0v) is 17.7. The number of pyridine rings is 1. The summed E-state index contributed by atoms with van der Waals surface area (Å²) in [5.74, 6) is 1.17. The van der Waals surface area contributed by atoms with Gasteiger partial charge in [0.15, 0.2) is 11.0 Å². The third-order valence-corrected chi connectivity index (χ3v) is 6.69. The van der Waals surface area contributed by atoms with Gasteiger partial charge in [-0.2, -0.15) is 0 Å². The smallest absolute Gasteiger partial charge is 0.169 e. The van der Waals surface area contributed by atoms with Crippen LogP contribution in [0.25, 0.3) is 32.3 Å². The summed E-state index contributed by atoms with van der Waals surface area (Å²) in [4.78, 5) is 23.1. The standard InChI is InChI=1S/C21H17N7S2/c1-28-17(20-26-16-18(22)24-12-25-19(16)30-20)15(14-7-3-2-4-8-14)27-21(28)29-11-13-6-5-9-23-10-13/h2-10,12H,11H2,1H3,(H2,22,24,25). The summed E-state index contributed by atoms with van der Waals surface area (Å²) in [6.07, 6.45) is 5.13. The zero-order chi connectivity index (χ0) is 20.5. The normalized spacial score (nSPS) is 11.2. The fourth-order valence-electron chi connectivity index (χ4n) is 3.15. The fourth-order valence-corrected chi connectivity index (χ4v) is 5.06. The summed E-state index contributed by atoms with van der Waals surface area (Å²) in [6.45, 7) is 0. The molecule has 0 aliphatic rings. The molecule has 7 nitrogen and oxygen atoms in total. The first kappa shape index (κ1) is 18.7. The van der Waals surface area contributed by atoms with Gasteiger partial charge in [0.1, 0.15) is 33.1 Å². The zero-order valence-electron chi connectivity index (χ0n) is 16.1. The maximum atomic E-state index is 6.01. The van der Waals surface area contributed by atoms with E-state index in [9.17, 15) is 0 Å². The Labute approximate surface area is 181 Å². The van der Waals surface area contributed by atoms with Crippen molar-refractivity contribution in [2.75, 3.05) is 5.73 Å². The second kappa shape index (κ2) is 7.85. The lowest BCUT2D eigenvalue weighted by atomic mass is 10.1. The maximum absolute atomic E-state index is 6.01. The number of fused-ring (bicyclic) bond motifs is 1. The van der Waals surface area contributed by atoms with E-state index in [0.29, 0.717) is 11.3 Å². The van der Waals surface area contributed by atoms with Crippen LogP contribution >= 0.6 is 23.1 Å². The average molecular weight is 432 g/mol. The second-order valence-electron chi connectivity index (χ2n) is 6.60. The number of nitrogens with zero attached hydrogens (tertiary/aromatic N) is 6. The van der Waals surface area contributed by atoms with E-state index < -0.39 is 0 Å². The number of thioether (sulfide) groups is 1.